The van der Waals surface area contributed by atoms with Gasteiger partial charge in [0.1, 0.15) is 5.52 Å². The van der Waals surface area contributed by atoms with Crippen molar-refractivity contribution < 1.29 is 19.3 Å². The molecule has 0 radical (unpaired) electrons. The van der Waals surface area contributed by atoms with E-state index < -0.39 is 6.23 Å². The summed E-state index contributed by atoms with van der Waals surface area (Å²) in [6.45, 7) is 16.7. The average Bonchev–Trinajstić information content (AvgIpc) is 3.60. The molecule has 2 aliphatic heterocycles. The van der Waals surface area contributed by atoms with Gasteiger partial charge in [0.15, 0.2) is 23.4 Å². The fourth-order valence-electron chi connectivity index (χ4n) is 5.41. The summed E-state index contributed by atoms with van der Waals surface area (Å²) in [5.74, 6) is 3.47. The third kappa shape index (κ3) is 7.92. The van der Waals surface area contributed by atoms with Crippen molar-refractivity contribution in [3.05, 3.63) is 41.6 Å². The Bertz CT molecular complexity index is 1280. The Hall–Kier alpha value is -2.92. The van der Waals surface area contributed by atoms with Crippen molar-refractivity contribution in [1.29, 1.82) is 0 Å². The van der Waals surface area contributed by atoms with Gasteiger partial charge >= 0.3 is 0 Å². The number of hydrogen-bond acceptors (Lipinski definition) is 9. The average molecular weight is 581 g/mol. The van der Waals surface area contributed by atoms with Gasteiger partial charge in [-0.2, -0.15) is 0 Å². The summed E-state index contributed by atoms with van der Waals surface area (Å²) < 4.78 is 18.7. The van der Waals surface area contributed by atoms with E-state index in [2.05, 4.69) is 47.4 Å². The van der Waals surface area contributed by atoms with E-state index in [9.17, 15) is 5.11 Å². The van der Waals surface area contributed by atoms with Crippen molar-refractivity contribution in [3.63, 3.8) is 0 Å². The van der Waals surface area contributed by atoms with Gasteiger partial charge in [0.05, 0.1) is 18.9 Å². The molecule has 2 N–H and O–H groups in total. The quantitative estimate of drug-likeness (QED) is 0.244. The molecule has 4 heterocycles. The number of aliphatic hydroxyl groups is 1. The molecule has 10 nitrogen and oxygen atoms in total. The Morgan fingerprint density at radius 3 is 2.40 bits per heavy atom. The van der Waals surface area contributed by atoms with Crippen LogP contribution in [0.15, 0.2) is 30.3 Å². The number of fused-ring (bicyclic) bond motifs is 2. The molecular formula is C32H48N6O4. The molecular weight excluding hydrogens is 532 g/mol. The second kappa shape index (κ2) is 14.5. The van der Waals surface area contributed by atoms with E-state index in [1.807, 2.05) is 30.3 Å². The molecule has 1 aromatic carbocycles. The first-order chi connectivity index (χ1) is 20.4. The zero-order valence-electron chi connectivity index (χ0n) is 25.7. The van der Waals surface area contributed by atoms with E-state index in [0.717, 1.165) is 106 Å². The lowest BCUT2D eigenvalue weighted by Crippen LogP contribution is -2.37. The molecule has 0 saturated carbocycles. The minimum absolute atomic E-state index is 0.261. The first-order valence-corrected chi connectivity index (χ1v) is 15.6. The van der Waals surface area contributed by atoms with Gasteiger partial charge in [0.2, 0.25) is 12.7 Å². The lowest BCUT2D eigenvalue weighted by atomic mass is 10.1. The highest BCUT2D eigenvalue weighted by Crippen LogP contribution is 2.33. The summed E-state index contributed by atoms with van der Waals surface area (Å²) in [4.78, 5) is 14.6. The largest absolute Gasteiger partial charge is 0.454 e. The van der Waals surface area contributed by atoms with Crippen molar-refractivity contribution in [2.75, 3.05) is 58.0 Å². The summed E-state index contributed by atoms with van der Waals surface area (Å²) in [7, 11) is 0. The maximum absolute atomic E-state index is 11.5. The fourth-order valence-corrected chi connectivity index (χ4v) is 5.41. The van der Waals surface area contributed by atoms with Gasteiger partial charge in [0.25, 0.3) is 0 Å². The summed E-state index contributed by atoms with van der Waals surface area (Å²) in [6, 6.07) is 9.92. The van der Waals surface area contributed by atoms with Gasteiger partial charge in [-0.25, -0.2) is 9.97 Å². The third-order valence-corrected chi connectivity index (χ3v) is 8.06. The molecule has 2 aromatic heterocycles. The zero-order valence-corrected chi connectivity index (χ0v) is 25.7. The number of ether oxygens (including phenoxy) is 3. The number of benzene rings is 1. The van der Waals surface area contributed by atoms with E-state index in [1.54, 1.807) is 0 Å². The summed E-state index contributed by atoms with van der Waals surface area (Å²) in [5.41, 5.74) is 3.38. The van der Waals surface area contributed by atoms with Crippen molar-refractivity contribution in [1.82, 2.24) is 24.3 Å². The molecule has 3 aromatic rings. The van der Waals surface area contributed by atoms with Crippen LogP contribution >= 0.6 is 0 Å². The summed E-state index contributed by atoms with van der Waals surface area (Å²) in [6.07, 6.45) is 2.27. The van der Waals surface area contributed by atoms with Gasteiger partial charge in [-0.3, -0.25) is 14.4 Å². The lowest BCUT2D eigenvalue weighted by molar-refractivity contribution is -0.00658. The SMILES string of the molecule is CC(C)CCN(CCC(C)C)C(O)c1ccc2nc(NCc3ccc4c(c3)OCO4)n(CCCN3CCOCC3)c2n1. The van der Waals surface area contributed by atoms with Crippen LogP contribution in [-0.2, 0) is 17.8 Å². The van der Waals surface area contributed by atoms with Gasteiger partial charge < -0.3 is 24.6 Å². The number of nitrogens with zero attached hydrogens (tertiary/aromatic N) is 5. The second-order valence-electron chi connectivity index (χ2n) is 12.3. The van der Waals surface area contributed by atoms with Crippen LogP contribution in [0.5, 0.6) is 11.5 Å². The van der Waals surface area contributed by atoms with Gasteiger partial charge in [-0.1, -0.05) is 33.8 Å². The molecule has 1 saturated heterocycles. The highest BCUT2D eigenvalue weighted by Gasteiger charge is 2.22. The van der Waals surface area contributed by atoms with Gasteiger partial charge in [-0.15, -0.1) is 0 Å². The smallest absolute Gasteiger partial charge is 0.231 e. The number of nitrogens with one attached hydrogen (secondary N) is 1. The minimum Gasteiger partial charge on any atom is -0.454 e. The number of imidazole rings is 1. The Balaban J connectivity index is 1.37. The Morgan fingerprint density at radius 2 is 1.67 bits per heavy atom. The number of aliphatic hydroxyl groups excluding tert-OH is 1. The molecule has 5 rings (SSSR count). The topological polar surface area (TPSA) is 97.1 Å². The van der Waals surface area contributed by atoms with E-state index in [4.69, 9.17) is 24.2 Å². The van der Waals surface area contributed by atoms with Crippen molar-refractivity contribution >= 4 is 17.1 Å². The van der Waals surface area contributed by atoms with E-state index in [1.165, 1.54) is 0 Å². The number of aryl methyl sites for hydroxylation is 1. The minimum atomic E-state index is -0.756. The lowest BCUT2D eigenvalue weighted by Gasteiger charge is -2.29. The van der Waals surface area contributed by atoms with Crippen LogP contribution in [0.25, 0.3) is 11.2 Å². The molecule has 1 fully saturated rings. The van der Waals surface area contributed by atoms with Crippen molar-refractivity contribution in [2.45, 2.75) is 66.3 Å². The van der Waals surface area contributed by atoms with Crippen LogP contribution < -0.4 is 14.8 Å². The van der Waals surface area contributed by atoms with E-state index in [0.29, 0.717) is 24.1 Å². The van der Waals surface area contributed by atoms with Crippen molar-refractivity contribution in [3.8, 4) is 11.5 Å². The third-order valence-electron chi connectivity index (χ3n) is 8.06. The Morgan fingerprint density at radius 1 is 0.929 bits per heavy atom. The number of hydrogen-bond donors (Lipinski definition) is 2. The molecule has 0 spiro atoms. The number of morpholine rings is 1. The monoisotopic (exact) mass is 580 g/mol. The van der Waals surface area contributed by atoms with Gasteiger partial charge in [-0.05, 0) is 60.9 Å². The predicted molar refractivity (Wildman–Crippen MR) is 165 cm³/mol. The number of anilines is 1. The summed E-state index contributed by atoms with van der Waals surface area (Å²) in [5, 5.41) is 15.1. The molecule has 0 bridgehead atoms. The van der Waals surface area contributed by atoms with Crippen LogP contribution in [0.4, 0.5) is 5.95 Å². The zero-order chi connectivity index (χ0) is 29.5. The fraction of sp³-hybridized carbons (Fsp3) is 0.625. The molecule has 2 aliphatic rings. The van der Waals surface area contributed by atoms with Crippen LogP contribution in [0, 0.1) is 11.8 Å². The van der Waals surface area contributed by atoms with Crippen LogP contribution in [0.1, 0.15) is 64.4 Å². The molecule has 1 atom stereocenters. The number of aromatic nitrogens is 3. The Labute approximate surface area is 250 Å². The van der Waals surface area contributed by atoms with Crippen molar-refractivity contribution in [2.24, 2.45) is 11.8 Å². The normalized spacial score (nSPS) is 16.3. The van der Waals surface area contributed by atoms with Crippen LogP contribution in [0.3, 0.4) is 0 Å². The molecule has 0 aliphatic carbocycles. The molecule has 230 valence electrons. The van der Waals surface area contributed by atoms with E-state index in [-0.39, 0.29) is 6.79 Å². The molecule has 0 amide bonds. The maximum Gasteiger partial charge on any atom is 0.231 e. The molecule has 10 heteroatoms. The summed E-state index contributed by atoms with van der Waals surface area (Å²) >= 11 is 0. The van der Waals surface area contributed by atoms with Crippen LogP contribution in [0.2, 0.25) is 0 Å². The van der Waals surface area contributed by atoms with Crippen LogP contribution in [-0.4, -0.2) is 82.2 Å². The maximum atomic E-state index is 11.5. The second-order valence-corrected chi connectivity index (χ2v) is 12.3. The number of rotatable bonds is 15. The first kappa shape index (κ1) is 30.5. The highest BCUT2D eigenvalue weighted by atomic mass is 16.7. The highest BCUT2D eigenvalue weighted by molar-refractivity contribution is 5.75. The Kier molecular flexibility index (Phi) is 10.5. The first-order valence-electron chi connectivity index (χ1n) is 15.6. The molecule has 42 heavy (non-hydrogen) atoms. The number of pyridine rings is 1. The molecule has 1 unspecified atom stereocenters. The predicted octanol–water partition coefficient (Wildman–Crippen LogP) is 4.88. The standard InChI is InChI=1S/C32H48N6O4/c1-23(2)10-14-37(15-11-24(3)4)31(39)27-8-7-26-30(34-27)38(13-5-12-36-16-18-40-19-17-36)32(35-26)33-21-25-6-9-28-29(20-25)42-22-41-28/h6-9,20,23-24,31,39H,5,10-19,21-22H2,1-4H3,(H,33,35). The van der Waals surface area contributed by atoms with E-state index >= 15 is 0 Å². The van der Waals surface area contributed by atoms with Gasteiger partial charge in [0, 0.05) is 45.8 Å².